The number of fused-ring (bicyclic) bond motifs is 1. The molecule has 0 unspecified atom stereocenters. The Balaban J connectivity index is 2.08. The molecule has 7 heteroatoms. The van der Waals surface area contributed by atoms with Crippen LogP contribution in [0.3, 0.4) is 0 Å². The summed E-state index contributed by atoms with van der Waals surface area (Å²) in [5.41, 5.74) is 0.429. The molecule has 0 saturated carbocycles. The average Bonchev–Trinajstić information content (AvgIpc) is 3.02. The van der Waals surface area contributed by atoms with E-state index in [1.54, 1.807) is 18.2 Å². The van der Waals surface area contributed by atoms with Crippen LogP contribution in [0.4, 0.5) is 0 Å². The minimum absolute atomic E-state index is 0.0240. The molecule has 0 spiro atoms. The van der Waals surface area contributed by atoms with E-state index in [1.807, 2.05) is 17.5 Å². The van der Waals surface area contributed by atoms with Crippen molar-refractivity contribution in [2.75, 3.05) is 13.2 Å². The molecule has 0 aliphatic carbocycles. The third-order valence-electron chi connectivity index (χ3n) is 3.87. The van der Waals surface area contributed by atoms with Gasteiger partial charge in [-0.05, 0) is 17.5 Å². The Hall–Kier alpha value is -1.25. The Morgan fingerprint density at radius 3 is 2.64 bits per heavy atom. The van der Waals surface area contributed by atoms with Crippen molar-refractivity contribution in [3.05, 3.63) is 52.2 Å². The second-order valence-electron chi connectivity index (χ2n) is 5.17. The molecule has 0 bridgehead atoms. The van der Waals surface area contributed by atoms with Crippen molar-refractivity contribution < 1.29 is 18.6 Å². The molecule has 1 aliphatic heterocycles. The quantitative estimate of drug-likeness (QED) is 0.882. The number of aliphatic hydroxyl groups excluding tert-OH is 2. The van der Waals surface area contributed by atoms with Crippen molar-refractivity contribution in [3.63, 3.8) is 0 Å². The van der Waals surface area contributed by atoms with Crippen molar-refractivity contribution in [2.24, 2.45) is 0 Å². The zero-order valence-electron chi connectivity index (χ0n) is 11.8. The second kappa shape index (κ2) is 6.10. The van der Waals surface area contributed by atoms with Crippen LogP contribution in [0.2, 0.25) is 0 Å². The molecular weight excluding hydrogens is 322 g/mol. The number of thiophene rings is 1. The monoisotopic (exact) mass is 339 g/mol. The standard InChI is InChI=1S/C15H17NO4S2/c17-8-7-16-13(10-11-4-3-9-21-11)15(18)12-5-1-2-6-14(12)22(16,19)20/h1-6,9,13,15,17-18H,7-8,10H2/t13-,15+/m1/s1. The molecule has 0 radical (unpaired) electrons. The molecule has 2 aromatic rings. The lowest BCUT2D eigenvalue weighted by molar-refractivity contribution is 0.0729. The van der Waals surface area contributed by atoms with Gasteiger partial charge in [-0.15, -0.1) is 11.3 Å². The van der Waals surface area contributed by atoms with Crippen LogP contribution in [0.5, 0.6) is 0 Å². The van der Waals surface area contributed by atoms with Crippen LogP contribution in [0.1, 0.15) is 16.5 Å². The van der Waals surface area contributed by atoms with Gasteiger partial charge in [-0.25, -0.2) is 8.42 Å². The van der Waals surface area contributed by atoms with Crippen molar-refractivity contribution in [1.82, 2.24) is 4.31 Å². The van der Waals surface area contributed by atoms with Gasteiger partial charge in [0.05, 0.1) is 23.6 Å². The minimum Gasteiger partial charge on any atom is -0.395 e. The van der Waals surface area contributed by atoms with Crippen molar-refractivity contribution >= 4 is 21.4 Å². The molecule has 118 valence electrons. The van der Waals surface area contributed by atoms with E-state index in [9.17, 15) is 18.6 Å². The summed E-state index contributed by atoms with van der Waals surface area (Å²) in [6.45, 7) is -0.307. The Morgan fingerprint density at radius 1 is 1.18 bits per heavy atom. The lowest BCUT2D eigenvalue weighted by atomic mass is 9.98. The number of sulfonamides is 1. The predicted octanol–water partition coefficient (Wildman–Crippen LogP) is 1.39. The molecule has 0 saturated heterocycles. The lowest BCUT2D eigenvalue weighted by Crippen LogP contribution is -2.49. The van der Waals surface area contributed by atoms with Crippen LogP contribution in [0.25, 0.3) is 0 Å². The van der Waals surface area contributed by atoms with Gasteiger partial charge >= 0.3 is 0 Å². The number of rotatable bonds is 4. The molecule has 2 atom stereocenters. The summed E-state index contributed by atoms with van der Waals surface area (Å²) in [6.07, 6.45) is -0.486. The van der Waals surface area contributed by atoms with Crippen LogP contribution >= 0.6 is 11.3 Å². The molecule has 1 aliphatic rings. The number of hydrogen-bond donors (Lipinski definition) is 2. The molecule has 0 fully saturated rings. The van der Waals surface area contributed by atoms with Crippen LogP contribution in [-0.2, 0) is 16.4 Å². The van der Waals surface area contributed by atoms with E-state index in [0.29, 0.717) is 12.0 Å². The van der Waals surface area contributed by atoms with Gasteiger partial charge in [-0.1, -0.05) is 24.3 Å². The molecule has 2 heterocycles. The minimum atomic E-state index is -3.71. The number of aliphatic hydroxyl groups is 2. The van der Waals surface area contributed by atoms with Crippen LogP contribution in [-0.4, -0.2) is 42.1 Å². The highest BCUT2D eigenvalue weighted by atomic mass is 32.2. The Labute approximate surface area is 133 Å². The molecule has 5 nitrogen and oxygen atoms in total. The molecule has 22 heavy (non-hydrogen) atoms. The molecule has 1 aromatic carbocycles. The maximum absolute atomic E-state index is 12.8. The highest BCUT2D eigenvalue weighted by Crippen LogP contribution is 2.38. The molecule has 0 amide bonds. The first-order chi connectivity index (χ1) is 10.6. The largest absolute Gasteiger partial charge is 0.395 e. The Morgan fingerprint density at radius 2 is 1.95 bits per heavy atom. The van der Waals surface area contributed by atoms with E-state index in [2.05, 4.69) is 0 Å². The third kappa shape index (κ3) is 2.59. The number of β-amino-alcohol motifs (C(OH)–C–C–N with tert-alkyl or cyclic N) is 1. The van der Waals surface area contributed by atoms with E-state index < -0.39 is 22.2 Å². The molecular formula is C15H17NO4S2. The number of nitrogens with zero attached hydrogens (tertiary/aromatic N) is 1. The Bertz CT molecular complexity index is 743. The van der Waals surface area contributed by atoms with E-state index in [0.717, 1.165) is 4.88 Å². The average molecular weight is 339 g/mol. The van der Waals surface area contributed by atoms with Gasteiger partial charge in [0.1, 0.15) is 0 Å². The summed E-state index contributed by atoms with van der Waals surface area (Å²) in [7, 11) is -3.71. The summed E-state index contributed by atoms with van der Waals surface area (Å²) in [5.74, 6) is 0. The summed E-state index contributed by atoms with van der Waals surface area (Å²) >= 11 is 1.53. The van der Waals surface area contributed by atoms with Gasteiger partial charge in [0.15, 0.2) is 0 Å². The van der Waals surface area contributed by atoms with Crippen LogP contribution in [0.15, 0.2) is 46.7 Å². The van der Waals surface area contributed by atoms with Gasteiger partial charge in [0.2, 0.25) is 10.0 Å². The lowest BCUT2D eigenvalue weighted by Gasteiger charge is -2.38. The molecule has 3 rings (SSSR count). The van der Waals surface area contributed by atoms with E-state index in [1.165, 1.54) is 21.7 Å². The normalized spacial score (nSPS) is 24.1. The summed E-state index contributed by atoms with van der Waals surface area (Å²) in [6, 6.07) is 9.72. The fourth-order valence-electron chi connectivity index (χ4n) is 2.86. The highest BCUT2D eigenvalue weighted by molar-refractivity contribution is 7.89. The van der Waals surface area contributed by atoms with E-state index in [-0.39, 0.29) is 18.0 Å². The van der Waals surface area contributed by atoms with Gasteiger partial charge < -0.3 is 10.2 Å². The molecule has 2 N–H and O–H groups in total. The van der Waals surface area contributed by atoms with E-state index in [4.69, 9.17) is 0 Å². The second-order valence-corrected chi connectivity index (χ2v) is 8.06. The van der Waals surface area contributed by atoms with Crippen molar-refractivity contribution in [3.8, 4) is 0 Å². The first kappa shape index (κ1) is 15.6. The number of hydrogen-bond acceptors (Lipinski definition) is 5. The highest BCUT2D eigenvalue weighted by Gasteiger charge is 2.43. The summed E-state index contributed by atoms with van der Waals surface area (Å²) < 4.78 is 26.8. The summed E-state index contributed by atoms with van der Waals surface area (Å²) in [5, 5.41) is 21.8. The fourth-order valence-corrected chi connectivity index (χ4v) is 5.48. The smallest absolute Gasteiger partial charge is 0.243 e. The first-order valence-electron chi connectivity index (χ1n) is 6.98. The van der Waals surface area contributed by atoms with Gasteiger partial charge in [-0.2, -0.15) is 4.31 Å². The third-order valence-corrected chi connectivity index (χ3v) is 6.77. The number of benzene rings is 1. The SMILES string of the molecule is O=S1(=O)c2ccccc2[C@H](O)[C@@H](Cc2cccs2)N1CCO. The maximum atomic E-state index is 12.8. The molecule has 1 aromatic heterocycles. The van der Waals surface area contributed by atoms with Crippen molar-refractivity contribution in [2.45, 2.75) is 23.5 Å². The van der Waals surface area contributed by atoms with Gasteiger partial charge in [0, 0.05) is 23.4 Å². The maximum Gasteiger partial charge on any atom is 0.243 e. The topological polar surface area (TPSA) is 77.8 Å². The van der Waals surface area contributed by atoms with E-state index >= 15 is 0 Å². The Kier molecular flexibility index (Phi) is 4.33. The first-order valence-corrected chi connectivity index (χ1v) is 9.29. The van der Waals surface area contributed by atoms with Crippen LogP contribution in [0, 0.1) is 0 Å². The predicted molar refractivity (Wildman–Crippen MR) is 84.2 cm³/mol. The summed E-state index contributed by atoms with van der Waals surface area (Å²) in [4.78, 5) is 1.12. The van der Waals surface area contributed by atoms with Crippen LogP contribution < -0.4 is 0 Å². The van der Waals surface area contributed by atoms with Gasteiger partial charge in [-0.3, -0.25) is 0 Å². The zero-order chi connectivity index (χ0) is 15.7. The fraction of sp³-hybridized carbons (Fsp3) is 0.333. The van der Waals surface area contributed by atoms with Gasteiger partial charge in [0.25, 0.3) is 0 Å². The zero-order valence-corrected chi connectivity index (χ0v) is 13.4. The van der Waals surface area contributed by atoms with Crippen molar-refractivity contribution in [1.29, 1.82) is 0 Å².